The molecule has 4 nitrogen and oxygen atoms in total. The van der Waals surface area contributed by atoms with Crippen molar-refractivity contribution in [2.45, 2.75) is 6.92 Å². The van der Waals surface area contributed by atoms with Gasteiger partial charge in [-0.1, -0.05) is 0 Å². The summed E-state index contributed by atoms with van der Waals surface area (Å²) < 4.78 is 5.03. The Morgan fingerprint density at radius 2 is 1.79 bits per heavy atom. The predicted octanol–water partition coefficient (Wildman–Crippen LogP) is -0.161. The lowest BCUT2D eigenvalue weighted by Crippen LogP contribution is -2.48. The summed E-state index contributed by atoms with van der Waals surface area (Å²) in [5.41, 5.74) is 0. The lowest BCUT2D eigenvalue weighted by Gasteiger charge is -2.33. The number of ketones is 1. The number of carbonyl (C=O) groups excluding carboxylic acids is 1. The number of nitrogens with zero attached hydrogens (tertiary/aromatic N) is 2. The molecule has 4 heteroatoms. The van der Waals surface area contributed by atoms with E-state index in [0.717, 1.165) is 39.3 Å². The number of rotatable bonds is 5. The van der Waals surface area contributed by atoms with Crippen LogP contribution in [0.4, 0.5) is 0 Å². The van der Waals surface area contributed by atoms with Crippen molar-refractivity contribution in [3.05, 3.63) is 0 Å². The normalized spacial score (nSPS) is 19.9. The minimum atomic E-state index is 0.260. The summed E-state index contributed by atoms with van der Waals surface area (Å²) in [7, 11) is 1.73. The predicted molar refractivity (Wildman–Crippen MR) is 55.4 cm³/mol. The molecule has 0 aromatic carbocycles. The van der Waals surface area contributed by atoms with Crippen molar-refractivity contribution in [3.63, 3.8) is 0 Å². The second kappa shape index (κ2) is 6.11. The Balaban J connectivity index is 2.14. The summed E-state index contributed by atoms with van der Waals surface area (Å²) >= 11 is 0. The van der Waals surface area contributed by atoms with Crippen LogP contribution in [0.3, 0.4) is 0 Å². The maximum absolute atomic E-state index is 10.9. The molecule has 0 saturated carbocycles. The van der Waals surface area contributed by atoms with Gasteiger partial charge in [-0.25, -0.2) is 0 Å². The van der Waals surface area contributed by atoms with Gasteiger partial charge in [0.1, 0.15) is 5.78 Å². The van der Waals surface area contributed by atoms with E-state index in [9.17, 15) is 4.79 Å². The van der Waals surface area contributed by atoms with E-state index in [0.29, 0.717) is 6.54 Å². The van der Waals surface area contributed by atoms with E-state index < -0.39 is 0 Å². The van der Waals surface area contributed by atoms with E-state index in [-0.39, 0.29) is 5.78 Å². The van der Waals surface area contributed by atoms with Crippen LogP contribution in [0, 0.1) is 0 Å². The average Bonchev–Trinajstić information content (AvgIpc) is 2.16. The first-order chi connectivity index (χ1) is 6.72. The molecule has 0 radical (unpaired) electrons. The second-order valence-electron chi connectivity index (χ2n) is 3.81. The van der Waals surface area contributed by atoms with Gasteiger partial charge in [-0.2, -0.15) is 0 Å². The van der Waals surface area contributed by atoms with Gasteiger partial charge in [0.15, 0.2) is 0 Å². The molecule has 0 amide bonds. The molecule has 14 heavy (non-hydrogen) atoms. The molecular formula is C10H20N2O2. The van der Waals surface area contributed by atoms with E-state index in [1.54, 1.807) is 14.0 Å². The van der Waals surface area contributed by atoms with Crippen LogP contribution in [-0.4, -0.2) is 68.6 Å². The molecule has 1 heterocycles. The van der Waals surface area contributed by atoms with E-state index in [2.05, 4.69) is 9.80 Å². The maximum Gasteiger partial charge on any atom is 0.143 e. The molecule has 1 aliphatic rings. The molecule has 0 aromatic heterocycles. The molecule has 0 aliphatic carbocycles. The number of methoxy groups -OCH3 is 1. The third kappa shape index (κ3) is 4.17. The molecule has 0 aromatic rings. The van der Waals surface area contributed by atoms with Crippen LogP contribution in [0.15, 0.2) is 0 Å². The Morgan fingerprint density at radius 1 is 1.21 bits per heavy atom. The van der Waals surface area contributed by atoms with Crippen LogP contribution in [0.2, 0.25) is 0 Å². The van der Waals surface area contributed by atoms with Crippen molar-refractivity contribution in [1.29, 1.82) is 0 Å². The monoisotopic (exact) mass is 200 g/mol. The Morgan fingerprint density at radius 3 is 2.29 bits per heavy atom. The standard InChI is InChI=1S/C10H20N2O2/c1-10(13)9-12-5-3-11(4-6-12)7-8-14-2/h3-9H2,1-2H3. The lowest BCUT2D eigenvalue weighted by molar-refractivity contribution is -0.118. The van der Waals surface area contributed by atoms with Gasteiger partial charge in [-0.15, -0.1) is 0 Å². The molecule has 1 saturated heterocycles. The zero-order valence-corrected chi connectivity index (χ0v) is 9.16. The summed E-state index contributed by atoms with van der Waals surface area (Å²) in [4.78, 5) is 15.5. The summed E-state index contributed by atoms with van der Waals surface area (Å²) in [5, 5.41) is 0. The van der Waals surface area contributed by atoms with Gasteiger partial charge in [0, 0.05) is 39.8 Å². The third-order valence-electron chi connectivity index (χ3n) is 2.52. The van der Waals surface area contributed by atoms with Crippen LogP contribution in [0.5, 0.6) is 0 Å². The Bertz CT molecular complexity index is 177. The fourth-order valence-electron chi connectivity index (χ4n) is 1.71. The molecule has 82 valence electrons. The Hall–Kier alpha value is -0.450. The van der Waals surface area contributed by atoms with Gasteiger partial charge in [-0.05, 0) is 6.92 Å². The molecule has 0 unspecified atom stereocenters. The highest BCUT2D eigenvalue weighted by Gasteiger charge is 2.16. The molecule has 1 fully saturated rings. The molecule has 0 N–H and O–H groups in total. The largest absolute Gasteiger partial charge is 0.383 e. The number of hydrogen-bond donors (Lipinski definition) is 0. The van der Waals surface area contributed by atoms with E-state index >= 15 is 0 Å². The van der Waals surface area contributed by atoms with Crippen molar-refractivity contribution >= 4 is 5.78 Å². The maximum atomic E-state index is 10.9. The first-order valence-corrected chi connectivity index (χ1v) is 5.15. The van der Waals surface area contributed by atoms with Gasteiger partial charge >= 0.3 is 0 Å². The average molecular weight is 200 g/mol. The molecule has 0 bridgehead atoms. The number of ether oxygens (including phenoxy) is 1. The van der Waals surface area contributed by atoms with E-state index in [4.69, 9.17) is 4.74 Å². The molecule has 0 atom stereocenters. The number of hydrogen-bond acceptors (Lipinski definition) is 4. The Labute approximate surface area is 85.8 Å². The summed E-state index contributed by atoms with van der Waals surface area (Å²) in [6.45, 7) is 8.17. The topological polar surface area (TPSA) is 32.8 Å². The minimum absolute atomic E-state index is 0.260. The highest BCUT2D eigenvalue weighted by atomic mass is 16.5. The van der Waals surface area contributed by atoms with E-state index in [1.807, 2.05) is 0 Å². The zero-order chi connectivity index (χ0) is 10.4. The lowest BCUT2D eigenvalue weighted by atomic mass is 10.3. The van der Waals surface area contributed by atoms with Gasteiger partial charge in [0.05, 0.1) is 13.2 Å². The SMILES string of the molecule is COCCN1CCN(CC(C)=O)CC1. The number of Topliss-reactive ketones (excluding diaryl/α,β-unsaturated/α-hetero) is 1. The summed E-state index contributed by atoms with van der Waals surface area (Å²) in [5.74, 6) is 0.260. The first-order valence-electron chi connectivity index (χ1n) is 5.15. The second-order valence-corrected chi connectivity index (χ2v) is 3.81. The Kier molecular flexibility index (Phi) is 5.07. The summed E-state index contributed by atoms with van der Waals surface area (Å²) in [6, 6.07) is 0. The number of carbonyl (C=O) groups is 1. The third-order valence-corrected chi connectivity index (χ3v) is 2.52. The van der Waals surface area contributed by atoms with Crippen LogP contribution >= 0.6 is 0 Å². The van der Waals surface area contributed by atoms with Gasteiger partial charge in [-0.3, -0.25) is 14.6 Å². The molecular weight excluding hydrogens is 180 g/mol. The van der Waals surface area contributed by atoms with Crippen molar-refractivity contribution in [3.8, 4) is 0 Å². The molecule has 0 spiro atoms. The van der Waals surface area contributed by atoms with Crippen molar-refractivity contribution < 1.29 is 9.53 Å². The van der Waals surface area contributed by atoms with Crippen molar-refractivity contribution in [1.82, 2.24) is 9.80 Å². The van der Waals surface area contributed by atoms with Crippen LogP contribution in [0.1, 0.15) is 6.92 Å². The van der Waals surface area contributed by atoms with Crippen LogP contribution < -0.4 is 0 Å². The number of piperazine rings is 1. The minimum Gasteiger partial charge on any atom is -0.383 e. The van der Waals surface area contributed by atoms with Crippen molar-refractivity contribution in [2.75, 3.05) is 53.0 Å². The summed E-state index contributed by atoms with van der Waals surface area (Å²) in [6.07, 6.45) is 0. The molecule has 1 aliphatic heterocycles. The highest BCUT2D eigenvalue weighted by Crippen LogP contribution is 2.00. The van der Waals surface area contributed by atoms with Crippen molar-refractivity contribution in [2.24, 2.45) is 0 Å². The quantitative estimate of drug-likeness (QED) is 0.617. The zero-order valence-electron chi connectivity index (χ0n) is 9.16. The van der Waals surface area contributed by atoms with Crippen LogP contribution in [-0.2, 0) is 9.53 Å². The highest BCUT2D eigenvalue weighted by molar-refractivity contribution is 5.77. The fourth-order valence-corrected chi connectivity index (χ4v) is 1.71. The first kappa shape index (κ1) is 11.6. The van der Waals surface area contributed by atoms with Gasteiger partial charge < -0.3 is 4.74 Å². The van der Waals surface area contributed by atoms with Gasteiger partial charge in [0.25, 0.3) is 0 Å². The van der Waals surface area contributed by atoms with Gasteiger partial charge in [0.2, 0.25) is 0 Å². The smallest absolute Gasteiger partial charge is 0.143 e. The molecule has 1 rings (SSSR count). The van der Waals surface area contributed by atoms with Crippen LogP contribution in [0.25, 0.3) is 0 Å². The van der Waals surface area contributed by atoms with E-state index in [1.165, 1.54) is 0 Å². The fraction of sp³-hybridized carbons (Fsp3) is 0.900.